The summed E-state index contributed by atoms with van der Waals surface area (Å²) >= 11 is 3.34. The Hall–Kier alpha value is -2.07. The van der Waals surface area contributed by atoms with Gasteiger partial charge in [-0.05, 0) is 59.0 Å². The number of nitrogens with zero attached hydrogens (tertiary/aromatic N) is 1. The highest BCUT2D eigenvalue weighted by atomic mass is 127. The fraction of sp³-hybridized carbons (Fsp3) is 0.211. The van der Waals surface area contributed by atoms with Gasteiger partial charge in [-0.3, -0.25) is 14.4 Å². The third-order valence-electron chi connectivity index (χ3n) is 3.96. The van der Waals surface area contributed by atoms with E-state index in [2.05, 4.69) is 27.9 Å². The number of thioether (sulfide) groups is 1. The highest BCUT2D eigenvalue weighted by molar-refractivity contribution is 14.1. The van der Waals surface area contributed by atoms with E-state index in [1.165, 1.54) is 16.7 Å². The molecule has 8 heteroatoms. The quantitative estimate of drug-likeness (QED) is 0.491. The molecule has 3 amide bonds. The molecule has 1 fully saturated rings. The van der Waals surface area contributed by atoms with Crippen molar-refractivity contribution in [2.75, 3.05) is 23.1 Å². The van der Waals surface area contributed by atoms with E-state index in [0.717, 1.165) is 3.57 Å². The summed E-state index contributed by atoms with van der Waals surface area (Å²) < 4.78 is 6.14. The normalized spacial score (nSPS) is 16.5. The zero-order valence-electron chi connectivity index (χ0n) is 14.5. The van der Waals surface area contributed by atoms with Gasteiger partial charge < -0.3 is 10.1 Å². The average Bonchev–Trinajstić information content (AvgIpc) is 2.94. The van der Waals surface area contributed by atoms with Crippen LogP contribution in [0, 0.1) is 3.57 Å². The van der Waals surface area contributed by atoms with Crippen LogP contribution in [0.3, 0.4) is 0 Å². The van der Waals surface area contributed by atoms with Gasteiger partial charge >= 0.3 is 0 Å². The number of halogens is 1. The molecule has 1 saturated heterocycles. The Kier molecular flexibility index (Phi) is 6.38. The number of rotatable bonds is 6. The second-order valence-electron chi connectivity index (χ2n) is 5.83. The third-order valence-corrected chi connectivity index (χ3v) is 5.88. The van der Waals surface area contributed by atoms with Crippen molar-refractivity contribution in [1.29, 1.82) is 0 Å². The molecule has 0 bridgehead atoms. The SMILES string of the molecule is COc1cccc(NC(=O)CSC2CC(=O)N(c3ccc(I)cc3)C2=O)c1. The Labute approximate surface area is 174 Å². The summed E-state index contributed by atoms with van der Waals surface area (Å²) in [7, 11) is 1.55. The zero-order chi connectivity index (χ0) is 19.4. The largest absolute Gasteiger partial charge is 0.497 e. The first kappa shape index (κ1) is 19.7. The number of methoxy groups -OCH3 is 1. The van der Waals surface area contributed by atoms with Crippen LogP contribution in [0.4, 0.5) is 11.4 Å². The van der Waals surface area contributed by atoms with E-state index >= 15 is 0 Å². The van der Waals surface area contributed by atoms with Crippen LogP contribution in [0.1, 0.15) is 6.42 Å². The lowest BCUT2D eigenvalue weighted by molar-refractivity contribution is -0.121. The highest BCUT2D eigenvalue weighted by Crippen LogP contribution is 2.30. The van der Waals surface area contributed by atoms with E-state index < -0.39 is 5.25 Å². The molecular formula is C19H17IN2O4S. The Morgan fingerprint density at radius 3 is 2.70 bits per heavy atom. The number of imide groups is 1. The molecule has 0 saturated carbocycles. The summed E-state index contributed by atoms with van der Waals surface area (Å²) in [5, 5.41) is 2.22. The van der Waals surface area contributed by atoms with Crippen LogP contribution in [0.5, 0.6) is 5.75 Å². The average molecular weight is 496 g/mol. The summed E-state index contributed by atoms with van der Waals surface area (Å²) in [6.07, 6.45) is 0.0991. The van der Waals surface area contributed by atoms with E-state index in [-0.39, 0.29) is 29.9 Å². The zero-order valence-corrected chi connectivity index (χ0v) is 17.5. The van der Waals surface area contributed by atoms with Crippen LogP contribution >= 0.6 is 34.4 Å². The topological polar surface area (TPSA) is 75.7 Å². The summed E-state index contributed by atoms with van der Waals surface area (Å²) in [6.45, 7) is 0. The standard InChI is InChI=1S/C19H17IN2O4S/c1-26-15-4-2-3-13(9-15)21-17(23)11-27-16-10-18(24)22(19(16)25)14-7-5-12(20)6-8-14/h2-9,16H,10-11H2,1H3,(H,21,23). The number of nitrogens with one attached hydrogen (secondary N) is 1. The molecule has 0 aliphatic carbocycles. The van der Waals surface area contributed by atoms with Gasteiger partial charge in [0.15, 0.2) is 0 Å². The van der Waals surface area contributed by atoms with Gasteiger partial charge in [0.1, 0.15) is 5.75 Å². The molecule has 1 aliphatic rings. The van der Waals surface area contributed by atoms with Crippen molar-refractivity contribution in [3.8, 4) is 5.75 Å². The molecule has 2 aromatic carbocycles. The number of ether oxygens (including phenoxy) is 1. The molecule has 1 aliphatic heterocycles. The van der Waals surface area contributed by atoms with Gasteiger partial charge in [-0.15, -0.1) is 11.8 Å². The Morgan fingerprint density at radius 2 is 2.00 bits per heavy atom. The second-order valence-corrected chi connectivity index (χ2v) is 8.26. The molecule has 27 heavy (non-hydrogen) atoms. The highest BCUT2D eigenvalue weighted by Gasteiger charge is 2.40. The molecular weight excluding hydrogens is 479 g/mol. The maximum atomic E-state index is 12.6. The molecule has 2 aromatic rings. The molecule has 1 atom stereocenters. The maximum Gasteiger partial charge on any atom is 0.247 e. The van der Waals surface area contributed by atoms with E-state index in [1.54, 1.807) is 43.5 Å². The van der Waals surface area contributed by atoms with Gasteiger partial charge in [0, 0.05) is 21.7 Å². The molecule has 3 rings (SSSR count). The summed E-state index contributed by atoms with van der Waals surface area (Å²) in [6, 6.07) is 14.2. The maximum absolute atomic E-state index is 12.6. The molecule has 1 heterocycles. The van der Waals surface area contributed by atoms with E-state index in [0.29, 0.717) is 17.1 Å². The van der Waals surface area contributed by atoms with Crippen molar-refractivity contribution in [2.24, 2.45) is 0 Å². The smallest absolute Gasteiger partial charge is 0.247 e. The fourth-order valence-electron chi connectivity index (χ4n) is 2.67. The molecule has 0 radical (unpaired) electrons. The Bertz CT molecular complexity index is 872. The van der Waals surface area contributed by atoms with Gasteiger partial charge in [0.25, 0.3) is 0 Å². The third kappa shape index (κ3) is 4.81. The predicted molar refractivity (Wildman–Crippen MR) is 114 cm³/mol. The number of benzene rings is 2. The Balaban J connectivity index is 1.58. The molecule has 140 valence electrons. The van der Waals surface area contributed by atoms with Gasteiger partial charge in [0.2, 0.25) is 17.7 Å². The van der Waals surface area contributed by atoms with Crippen LogP contribution in [-0.4, -0.2) is 35.8 Å². The first-order valence-corrected chi connectivity index (χ1v) is 10.3. The van der Waals surface area contributed by atoms with Crippen LogP contribution in [0.2, 0.25) is 0 Å². The van der Waals surface area contributed by atoms with Gasteiger partial charge in [-0.25, -0.2) is 4.90 Å². The first-order valence-electron chi connectivity index (χ1n) is 8.16. The Morgan fingerprint density at radius 1 is 1.26 bits per heavy atom. The van der Waals surface area contributed by atoms with Crippen molar-refractivity contribution < 1.29 is 19.1 Å². The summed E-state index contributed by atoms with van der Waals surface area (Å²) in [5.74, 6) is -0.0276. The van der Waals surface area contributed by atoms with E-state index in [9.17, 15) is 14.4 Å². The number of carbonyl (C=O) groups excluding carboxylic acids is 3. The van der Waals surface area contributed by atoms with Crippen molar-refractivity contribution in [3.63, 3.8) is 0 Å². The minimum Gasteiger partial charge on any atom is -0.497 e. The number of anilines is 2. The van der Waals surface area contributed by atoms with Gasteiger partial charge in [-0.2, -0.15) is 0 Å². The number of hydrogen-bond donors (Lipinski definition) is 1. The molecule has 1 N–H and O–H groups in total. The summed E-state index contributed by atoms with van der Waals surface area (Å²) in [4.78, 5) is 38.2. The lowest BCUT2D eigenvalue weighted by atomic mass is 10.3. The minimum absolute atomic E-state index is 0.0847. The monoisotopic (exact) mass is 496 g/mol. The van der Waals surface area contributed by atoms with Crippen molar-refractivity contribution >= 4 is 63.4 Å². The van der Waals surface area contributed by atoms with E-state index in [1.807, 2.05) is 12.1 Å². The lowest BCUT2D eigenvalue weighted by Gasteiger charge is -2.15. The van der Waals surface area contributed by atoms with Crippen molar-refractivity contribution in [3.05, 3.63) is 52.1 Å². The molecule has 0 spiro atoms. The van der Waals surface area contributed by atoms with Crippen LogP contribution in [0.15, 0.2) is 48.5 Å². The number of amides is 3. The minimum atomic E-state index is -0.548. The number of hydrogen-bond acceptors (Lipinski definition) is 5. The predicted octanol–water partition coefficient (Wildman–Crippen LogP) is 3.30. The van der Waals surface area contributed by atoms with Crippen LogP contribution in [-0.2, 0) is 14.4 Å². The summed E-state index contributed by atoms with van der Waals surface area (Å²) in [5.41, 5.74) is 1.18. The van der Waals surface area contributed by atoms with Crippen LogP contribution < -0.4 is 15.0 Å². The number of carbonyl (C=O) groups is 3. The van der Waals surface area contributed by atoms with Gasteiger partial charge in [0.05, 0.1) is 23.8 Å². The lowest BCUT2D eigenvalue weighted by Crippen LogP contribution is -2.31. The van der Waals surface area contributed by atoms with Gasteiger partial charge in [-0.1, -0.05) is 6.07 Å². The van der Waals surface area contributed by atoms with Crippen molar-refractivity contribution in [2.45, 2.75) is 11.7 Å². The van der Waals surface area contributed by atoms with Crippen LogP contribution in [0.25, 0.3) is 0 Å². The second kappa shape index (κ2) is 8.75. The fourth-order valence-corrected chi connectivity index (χ4v) is 3.96. The first-order chi connectivity index (χ1) is 13.0. The molecule has 0 aromatic heterocycles. The molecule has 6 nitrogen and oxygen atoms in total. The van der Waals surface area contributed by atoms with E-state index in [4.69, 9.17) is 4.74 Å². The molecule has 1 unspecified atom stereocenters. The van der Waals surface area contributed by atoms with Crippen molar-refractivity contribution in [1.82, 2.24) is 0 Å².